The molecule has 0 radical (unpaired) electrons. The highest BCUT2D eigenvalue weighted by Crippen LogP contribution is 2.36. The molecule has 0 saturated heterocycles. The zero-order valence-corrected chi connectivity index (χ0v) is 22.0. The SMILES string of the molecule is CC(CO)(CO)COC(=O)CCC/C=C/C[C@@H]1[C@@H](/C=C/[C@@H](O)COc2cccc(C(F)(F)F)c2)[C@H](O)C[C@@H]1O. The van der Waals surface area contributed by atoms with Gasteiger partial charge in [-0.05, 0) is 43.4 Å². The molecule has 1 saturated carbocycles. The van der Waals surface area contributed by atoms with Crippen LogP contribution >= 0.6 is 0 Å². The first-order chi connectivity index (χ1) is 18.4. The lowest BCUT2D eigenvalue weighted by molar-refractivity contribution is -0.149. The van der Waals surface area contributed by atoms with E-state index in [2.05, 4.69) is 0 Å². The first-order valence-electron chi connectivity index (χ1n) is 12.9. The molecule has 220 valence electrons. The van der Waals surface area contributed by atoms with Crippen molar-refractivity contribution < 1.29 is 53.0 Å². The summed E-state index contributed by atoms with van der Waals surface area (Å²) in [6.45, 7) is 0.649. The number of aliphatic hydroxyl groups is 5. The number of carbonyl (C=O) groups is 1. The number of hydrogen-bond donors (Lipinski definition) is 5. The molecular weight excluding hydrogens is 521 g/mol. The molecule has 8 nitrogen and oxygen atoms in total. The van der Waals surface area contributed by atoms with Gasteiger partial charge in [-0.15, -0.1) is 0 Å². The van der Waals surface area contributed by atoms with E-state index in [9.17, 15) is 43.5 Å². The second kappa shape index (κ2) is 15.4. The fourth-order valence-corrected chi connectivity index (χ4v) is 4.17. The summed E-state index contributed by atoms with van der Waals surface area (Å²) in [5.41, 5.74) is -1.73. The number of benzene rings is 1. The van der Waals surface area contributed by atoms with Gasteiger partial charge in [0.1, 0.15) is 25.1 Å². The van der Waals surface area contributed by atoms with Crippen molar-refractivity contribution >= 4 is 5.97 Å². The third kappa shape index (κ3) is 10.9. The monoisotopic (exact) mass is 560 g/mol. The molecule has 5 N–H and O–H groups in total. The molecule has 0 spiro atoms. The highest BCUT2D eigenvalue weighted by Gasteiger charge is 2.39. The van der Waals surface area contributed by atoms with Gasteiger partial charge in [0.15, 0.2) is 0 Å². The van der Waals surface area contributed by atoms with E-state index in [4.69, 9.17) is 9.47 Å². The van der Waals surface area contributed by atoms with Crippen LogP contribution in [0.4, 0.5) is 13.2 Å². The minimum atomic E-state index is -4.50. The zero-order chi connectivity index (χ0) is 29.1. The van der Waals surface area contributed by atoms with Crippen LogP contribution in [0.5, 0.6) is 5.75 Å². The number of allylic oxidation sites excluding steroid dienone is 2. The summed E-state index contributed by atoms with van der Waals surface area (Å²) >= 11 is 0. The van der Waals surface area contributed by atoms with Crippen LogP contribution in [-0.2, 0) is 15.7 Å². The maximum absolute atomic E-state index is 12.8. The lowest BCUT2D eigenvalue weighted by Crippen LogP contribution is -2.32. The summed E-state index contributed by atoms with van der Waals surface area (Å²) in [7, 11) is 0. The van der Waals surface area contributed by atoms with Crippen LogP contribution in [0.1, 0.15) is 44.6 Å². The molecule has 0 heterocycles. The van der Waals surface area contributed by atoms with Gasteiger partial charge in [-0.3, -0.25) is 4.79 Å². The van der Waals surface area contributed by atoms with Crippen molar-refractivity contribution in [2.24, 2.45) is 17.3 Å². The van der Waals surface area contributed by atoms with E-state index in [1.807, 2.05) is 12.2 Å². The van der Waals surface area contributed by atoms with E-state index < -0.39 is 47.4 Å². The Hall–Kier alpha value is -2.44. The summed E-state index contributed by atoms with van der Waals surface area (Å²) in [5, 5.41) is 49.4. The standard InChI is InChI=1S/C28H39F3O8/c1-27(16-32,17-33)18-39-26(37)10-5-3-2-4-9-22-23(25(36)14-24(22)35)12-11-20(34)15-38-21-8-6-7-19(13-21)28(29,30)31/h2,4,6-8,11-13,20,22-25,32-36H,3,5,9-10,14-18H2,1H3/b4-2+,12-11+/t20-,22-,23-,24+,25-/m1/s1. The molecule has 11 heteroatoms. The van der Waals surface area contributed by atoms with Crippen molar-refractivity contribution in [3.63, 3.8) is 0 Å². The number of alkyl halides is 3. The Balaban J connectivity index is 1.78. The Kier molecular flexibility index (Phi) is 12.9. The van der Waals surface area contributed by atoms with Gasteiger partial charge in [-0.1, -0.05) is 37.3 Å². The van der Waals surface area contributed by atoms with Gasteiger partial charge < -0.3 is 35.0 Å². The summed E-state index contributed by atoms with van der Waals surface area (Å²) in [5.74, 6) is -1.19. The van der Waals surface area contributed by atoms with E-state index in [0.29, 0.717) is 19.3 Å². The van der Waals surface area contributed by atoms with Gasteiger partial charge in [0, 0.05) is 24.2 Å². The van der Waals surface area contributed by atoms with Crippen LogP contribution in [-0.4, -0.2) is 76.2 Å². The molecule has 1 aliphatic carbocycles. The second-order valence-corrected chi connectivity index (χ2v) is 10.3. The largest absolute Gasteiger partial charge is 0.491 e. The van der Waals surface area contributed by atoms with Crippen LogP contribution < -0.4 is 4.74 Å². The number of hydrogen-bond acceptors (Lipinski definition) is 8. The number of rotatable bonds is 15. The quantitative estimate of drug-likeness (QED) is 0.126. The van der Waals surface area contributed by atoms with Crippen molar-refractivity contribution in [3.8, 4) is 5.75 Å². The molecule has 0 aliphatic heterocycles. The van der Waals surface area contributed by atoms with Crippen LogP contribution in [0.25, 0.3) is 0 Å². The fraction of sp³-hybridized carbons (Fsp3) is 0.607. The van der Waals surface area contributed by atoms with E-state index in [-0.39, 0.29) is 50.9 Å². The van der Waals surface area contributed by atoms with Crippen LogP contribution in [0.2, 0.25) is 0 Å². The van der Waals surface area contributed by atoms with Crippen molar-refractivity contribution in [1.29, 1.82) is 0 Å². The average Bonchev–Trinajstić information content (AvgIpc) is 3.17. The third-order valence-electron chi connectivity index (χ3n) is 6.73. The molecule has 39 heavy (non-hydrogen) atoms. The third-order valence-corrected chi connectivity index (χ3v) is 6.73. The molecule has 2 rings (SSSR count). The van der Waals surface area contributed by atoms with Gasteiger partial charge in [-0.2, -0.15) is 13.2 Å². The topological polar surface area (TPSA) is 137 Å². The fourth-order valence-electron chi connectivity index (χ4n) is 4.17. The predicted molar refractivity (Wildman–Crippen MR) is 137 cm³/mol. The maximum atomic E-state index is 12.8. The zero-order valence-electron chi connectivity index (χ0n) is 22.0. The van der Waals surface area contributed by atoms with Gasteiger partial charge in [-0.25, -0.2) is 0 Å². The average molecular weight is 561 g/mol. The van der Waals surface area contributed by atoms with E-state index in [0.717, 1.165) is 12.1 Å². The molecule has 1 fully saturated rings. The lowest BCUT2D eigenvalue weighted by Gasteiger charge is -2.23. The highest BCUT2D eigenvalue weighted by molar-refractivity contribution is 5.69. The number of esters is 1. The Morgan fingerprint density at radius 2 is 1.87 bits per heavy atom. The molecule has 1 aromatic rings. The van der Waals surface area contributed by atoms with Crippen LogP contribution in [0.3, 0.4) is 0 Å². The van der Waals surface area contributed by atoms with E-state index >= 15 is 0 Å². The van der Waals surface area contributed by atoms with Crippen molar-refractivity contribution in [2.75, 3.05) is 26.4 Å². The normalized spacial score (nSPS) is 23.0. The smallest absolute Gasteiger partial charge is 0.416 e. The van der Waals surface area contributed by atoms with Crippen molar-refractivity contribution in [3.05, 3.63) is 54.1 Å². The Bertz CT molecular complexity index is 945. The first kappa shape index (κ1) is 32.8. The molecule has 0 aromatic heterocycles. The predicted octanol–water partition coefficient (Wildman–Crippen LogP) is 3.01. The van der Waals surface area contributed by atoms with Gasteiger partial charge in [0.05, 0.1) is 31.0 Å². The van der Waals surface area contributed by atoms with Gasteiger partial charge in [0.25, 0.3) is 0 Å². The maximum Gasteiger partial charge on any atom is 0.416 e. The summed E-state index contributed by atoms with van der Waals surface area (Å²) < 4.78 is 48.9. The Labute approximate surface area is 226 Å². The Morgan fingerprint density at radius 1 is 1.15 bits per heavy atom. The number of halogens is 3. The van der Waals surface area contributed by atoms with Crippen molar-refractivity contribution in [1.82, 2.24) is 0 Å². The molecule has 1 aliphatic rings. The number of unbranched alkanes of at least 4 members (excludes halogenated alkanes) is 1. The number of carbonyl (C=O) groups excluding carboxylic acids is 1. The van der Waals surface area contributed by atoms with Gasteiger partial charge in [0.2, 0.25) is 0 Å². The van der Waals surface area contributed by atoms with Crippen molar-refractivity contribution in [2.45, 2.75) is 63.5 Å². The van der Waals surface area contributed by atoms with Crippen LogP contribution in [0.15, 0.2) is 48.6 Å². The van der Waals surface area contributed by atoms with E-state index in [1.165, 1.54) is 18.2 Å². The highest BCUT2D eigenvalue weighted by atomic mass is 19.4. The lowest BCUT2D eigenvalue weighted by atomic mass is 9.89. The molecular formula is C28H39F3O8. The Morgan fingerprint density at radius 3 is 2.54 bits per heavy atom. The van der Waals surface area contributed by atoms with Crippen LogP contribution in [0, 0.1) is 17.3 Å². The van der Waals surface area contributed by atoms with Gasteiger partial charge >= 0.3 is 12.1 Å². The second-order valence-electron chi connectivity index (χ2n) is 10.3. The van der Waals surface area contributed by atoms with E-state index in [1.54, 1.807) is 13.0 Å². The molecule has 1 aromatic carbocycles. The first-order valence-corrected chi connectivity index (χ1v) is 12.9. The molecule has 5 atom stereocenters. The minimum Gasteiger partial charge on any atom is -0.491 e. The number of aliphatic hydroxyl groups excluding tert-OH is 5. The molecule has 0 unspecified atom stereocenters. The number of ether oxygens (including phenoxy) is 2. The minimum absolute atomic E-state index is 0.0290. The molecule has 0 amide bonds. The molecule has 0 bridgehead atoms. The summed E-state index contributed by atoms with van der Waals surface area (Å²) in [4.78, 5) is 11.8. The summed E-state index contributed by atoms with van der Waals surface area (Å²) in [6.07, 6.45) is 1.46. The summed E-state index contributed by atoms with van der Waals surface area (Å²) in [6, 6.07) is 4.35.